The number of phenolic OH excluding ortho intramolecular Hbond substituents is 2. The lowest BCUT2D eigenvalue weighted by molar-refractivity contribution is 0.214. The number of aromatic hydroxyl groups is 2. The van der Waals surface area contributed by atoms with E-state index in [1.54, 1.807) is 18.2 Å². The average Bonchev–Trinajstić information content (AvgIpc) is 2.81. The first-order valence-electron chi connectivity index (χ1n) is 6.80. The molecule has 1 unspecified atom stereocenters. The normalized spacial score (nSPS) is 18.4. The fourth-order valence-corrected chi connectivity index (χ4v) is 2.95. The van der Waals surface area contributed by atoms with E-state index in [0.29, 0.717) is 5.56 Å². The van der Waals surface area contributed by atoms with Gasteiger partial charge in [-0.25, -0.2) is 0 Å². The van der Waals surface area contributed by atoms with Gasteiger partial charge < -0.3 is 10.2 Å². The van der Waals surface area contributed by atoms with E-state index in [0.717, 1.165) is 12.5 Å². The molecule has 3 nitrogen and oxygen atoms in total. The quantitative estimate of drug-likeness (QED) is 0.860. The van der Waals surface area contributed by atoms with Gasteiger partial charge in [0.1, 0.15) is 11.5 Å². The van der Waals surface area contributed by atoms with Gasteiger partial charge in [-0.3, -0.25) is 4.90 Å². The van der Waals surface area contributed by atoms with E-state index in [9.17, 15) is 10.2 Å². The molecule has 0 saturated heterocycles. The molecule has 0 heterocycles. The number of hydrogen-bond donors (Lipinski definition) is 2. The summed E-state index contributed by atoms with van der Waals surface area (Å²) in [4.78, 5) is 2.23. The van der Waals surface area contributed by atoms with Crippen LogP contribution in [0.15, 0.2) is 18.2 Å². The molecular weight excluding hydrogens is 226 g/mol. The van der Waals surface area contributed by atoms with Crippen molar-refractivity contribution in [2.45, 2.75) is 38.6 Å². The van der Waals surface area contributed by atoms with E-state index < -0.39 is 0 Å². The largest absolute Gasteiger partial charge is 0.507 e. The van der Waals surface area contributed by atoms with E-state index in [2.05, 4.69) is 11.9 Å². The van der Waals surface area contributed by atoms with Gasteiger partial charge in [0.05, 0.1) is 5.56 Å². The van der Waals surface area contributed by atoms with Gasteiger partial charge in [0.2, 0.25) is 0 Å². The minimum Gasteiger partial charge on any atom is -0.507 e. The van der Waals surface area contributed by atoms with E-state index in [1.807, 2.05) is 6.92 Å². The molecule has 0 bridgehead atoms. The Morgan fingerprint density at radius 1 is 1.22 bits per heavy atom. The Labute approximate surface area is 109 Å². The van der Waals surface area contributed by atoms with Gasteiger partial charge in [-0.15, -0.1) is 0 Å². The van der Waals surface area contributed by atoms with E-state index in [4.69, 9.17) is 0 Å². The molecule has 0 amide bonds. The van der Waals surface area contributed by atoms with Crippen LogP contribution < -0.4 is 0 Å². The summed E-state index contributed by atoms with van der Waals surface area (Å²) in [5, 5.41) is 19.8. The molecule has 1 saturated carbocycles. The van der Waals surface area contributed by atoms with Crippen molar-refractivity contribution < 1.29 is 10.2 Å². The summed E-state index contributed by atoms with van der Waals surface area (Å²) in [5.74, 6) is 1.13. The highest BCUT2D eigenvalue weighted by Crippen LogP contribution is 2.36. The predicted octanol–water partition coefficient (Wildman–Crippen LogP) is 3.28. The highest BCUT2D eigenvalue weighted by atomic mass is 16.3. The number of rotatable bonds is 4. The van der Waals surface area contributed by atoms with Crippen molar-refractivity contribution in [3.63, 3.8) is 0 Å². The summed E-state index contributed by atoms with van der Waals surface area (Å²) in [7, 11) is 2.06. The Morgan fingerprint density at radius 3 is 2.33 bits per heavy atom. The summed E-state index contributed by atoms with van der Waals surface area (Å²) in [6, 6.07) is 4.97. The van der Waals surface area contributed by atoms with Crippen LogP contribution in [0.3, 0.4) is 0 Å². The van der Waals surface area contributed by atoms with Gasteiger partial charge in [-0.1, -0.05) is 18.9 Å². The van der Waals surface area contributed by atoms with Crippen molar-refractivity contribution in [3.8, 4) is 11.5 Å². The molecule has 100 valence electrons. The van der Waals surface area contributed by atoms with Crippen molar-refractivity contribution in [2.24, 2.45) is 5.92 Å². The fraction of sp³-hybridized carbons (Fsp3) is 0.600. The smallest absolute Gasteiger partial charge is 0.124 e. The zero-order chi connectivity index (χ0) is 13.1. The van der Waals surface area contributed by atoms with Crippen LogP contribution in [-0.2, 0) is 0 Å². The van der Waals surface area contributed by atoms with Gasteiger partial charge in [-0.05, 0) is 44.9 Å². The second kappa shape index (κ2) is 5.61. The summed E-state index contributed by atoms with van der Waals surface area (Å²) in [5.41, 5.74) is 0.637. The Bertz CT molecular complexity index is 379. The van der Waals surface area contributed by atoms with Gasteiger partial charge in [0.15, 0.2) is 0 Å². The van der Waals surface area contributed by atoms with Crippen LogP contribution >= 0.6 is 0 Å². The highest BCUT2D eigenvalue weighted by Gasteiger charge is 2.23. The minimum atomic E-state index is 0.0341. The Balaban J connectivity index is 2.07. The molecule has 2 rings (SSSR count). The third-order valence-electron chi connectivity index (χ3n) is 4.16. The standard InChI is InChI=1S/C15H23NO2/c1-11(15-13(17)8-5-9-14(15)18)16(2)10-12-6-3-4-7-12/h5,8-9,11-12,17-18H,3-4,6-7,10H2,1-2H3. The first-order valence-corrected chi connectivity index (χ1v) is 6.80. The van der Waals surface area contributed by atoms with Gasteiger partial charge in [0, 0.05) is 12.6 Å². The third-order valence-corrected chi connectivity index (χ3v) is 4.16. The maximum atomic E-state index is 9.88. The monoisotopic (exact) mass is 249 g/mol. The van der Waals surface area contributed by atoms with Crippen LogP contribution in [0.5, 0.6) is 11.5 Å². The molecule has 3 heteroatoms. The van der Waals surface area contributed by atoms with Crippen LogP contribution in [0.2, 0.25) is 0 Å². The molecule has 2 N–H and O–H groups in total. The predicted molar refractivity (Wildman–Crippen MR) is 72.8 cm³/mol. The number of phenols is 2. The Hall–Kier alpha value is -1.22. The van der Waals surface area contributed by atoms with Crippen molar-refractivity contribution in [3.05, 3.63) is 23.8 Å². The molecule has 0 aliphatic heterocycles. The van der Waals surface area contributed by atoms with Crippen LogP contribution in [0, 0.1) is 5.92 Å². The minimum absolute atomic E-state index is 0.0341. The zero-order valence-corrected chi connectivity index (χ0v) is 11.3. The SMILES string of the molecule is CC(c1c(O)cccc1O)N(C)CC1CCCC1. The molecule has 1 fully saturated rings. The van der Waals surface area contributed by atoms with Gasteiger partial charge >= 0.3 is 0 Å². The first kappa shape index (κ1) is 13.2. The lowest BCUT2D eigenvalue weighted by Gasteiger charge is -2.28. The summed E-state index contributed by atoms with van der Waals surface area (Å²) < 4.78 is 0. The van der Waals surface area contributed by atoms with Crippen LogP contribution in [0.25, 0.3) is 0 Å². The molecule has 1 aliphatic carbocycles. The van der Waals surface area contributed by atoms with E-state index >= 15 is 0 Å². The molecular formula is C15H23NO2. The molecule has 1 aliphatic rings. The second-order valence-corrected chi connectivity index (χ2v) is 5.48. The average molecular weight is 249 g/mol. The molecule has 0 radical (unpaired) electrons. The molecule has 1 aromatic rings. The molecule has 0 spiro atoms. The van der Waals surface area contributed by atoms with Crippen LogP contribution in [0.4, 0.5) is 0 Å². The molecule has 18 heavy (non-hydrogen) atoms. The van der Waals surface area contributed by atoms with Gasteiger partial charge in [0.25, 0.3) is 0 Å². The Kier molecular flexibility index (Phi) is 4.12. The van der Waals surface area contributed by atoms with Crippen LogP contribution in [-0.4, -0.2) is 28.7 Å². The zero-order valence-electron chi connectivity index (χ0n) is 11.3. The lowest BCUT2D eigenvalue weighted by atomic mass is 10.0. The van der Waals surface area contributed by atoms with Crippen molar-refractivity contribution in [2.75, 3.05) is 13.6 Å². The topological polar surface area (TPSA) is 43.7 Å². The van der Waals surface area contributed by atoms with Crippen molar-refractivity contribution in [1.82, 2.24) is 4.90 Å². The Morgan fingerprint density at radius 2 is 1.78 bits per heavy atom. The molecule has 1 aromatic carbocycles. The fourth-order valence-electron chi connectivity index (χ4n) is 2.95. The number of benzene rings is 1. The first-order chi connectivity index (χ1) is 8.59. The summed E-state index contributed by atoms with van der Waals surface area (Å²) in [6.07, 6.45) is 5.30. The van der Waals surface area contributed by atoms with E-state index in [-0.39, 0.29) is 17.5 Å². The highest BCUT2D eigenvalue weighted by molar-refractivity contribution is 5.44. The number of hydrogen-bond acceptors (Lipinski definition) is 3. The summed E-state index contributed by atoms with van der Waals surface area (Å²) in [6.45, 7) is 3.07. The second-order valence-electron chi connectivity index (χ2n) is 5.48. The van der Waals surface area contributed by atoms with Crippen molar-refractivity contribution in [1.29, 1.82) is 0 Å². The number of nitrogens with zero attached hydrogens (tertiary/aromatic N) is 1. The summed E-state index contributed by atoms with van der Waals surface area (Å²) >= 11 is 0. The third kappa shape index (κ3) is 2.78. The molecule has 0 aromatic heterocycles. The maximum Gasteiger partial charge on any atom is 0.124 e. The van der Waals surface area contributed by atoms with Crippen LogP contribution in [0.1, 0.15) is 44.2 Å². The molecule has 1 atom stereocenters. The van der Waals surface area contributed by atoms with Gasteiger partial charge in [-0.2, -0.15) is 0 Å². The maximum absolute atomic E-state index is 9.88. The van der Waals surface area contributed by atoms with Crippen molar-refractivity contribution >= 4 is 0 Å². The lowest BCUT2D eigenvalue weighted by Crippen LogP contribution is -2.27. The van der Waals surface area contributed by atoms with E-state index in [1.165, 1.54) is 25.7 Å².